The highest BCUT2D eigenvalue weighted by Crippen LogP contribution is 2.46. The fourth-order valence-electron chi connectivity index (χ4n) is 4.45. The zero-order chi connectivity index (χ0) is 23.0. The standard InChI is InChI=1S/C21H26F3NO5/c1-11(2)9-20(19(29)30)10-15(18(27)28)16(12(3)4)25(20)17(26)13-5-7-14(8-6-13)21(22,23)24/h5-8,11-12,15-16H,9-10H2,1-4H3,(H,27,28)(H,29,30)/t15-,16-,20-/m0/s1. The third-order valence-electron chi connectivity index (χ3n) is 5.55. The summed E-state index contributed by atoms with van der Waals surface area (Å²) in [5.74, 6) is -4.94. The van der Waals surface area contributed by atoms with Crippen molar-refractivity contribution < 1.29 is 37.8 Å². The highest BCUT2D eigenvalue weighted by atomic mass is 19.4. The zero-order valence-corrected chi connectivity index (χ0v) is 17.2. The van der Waals surface area contributed by atoms with Crippen LogP contribution in [0.1, 0.15) is 56.5 Å². The number of halogens is 3. The molecule has 1 fully saturated rings. The number of hydrogen-bond donors (Lipinski definition) is 2. The molecule has 0 saturated carbocycles. The lowest BCUT2D eigenvalue weighted by molar-refractivity contribution is -0.150. The van der Waals surface area contributed by atoms with Crippen molar-refractivity contribution in [2.24, 2.45) is 17.8 Å². The van der Waals surface area contributed by atoms with E-state index < -0.39 is 47.1 Å². The van der Waals surface area contributed by atoms with E-state index in [0.29, 0.717) is 0 Å². The molecule has 9 heteroatoms. The molecule has 1 aromatic carbocycles. The lowest BCUT2D eigenvalue weighted by Crippen LogP contribution is -2.57. The minimum Gasteiger partial charge on any atom is -0.481 e. The lowest BCUT2D eigenvalue weighted by Gasteiger charge is -2.40. The van der Waals surface area contributed by atoms with Gasteiger partial charge in [-0.1, -0.05) is 27.7 Å². The third-order valence-corrected chi connectivity index (χ3v) is 5.55. The number of carboxylic acids is 2. The average Bonchev–Trinajstić information content (AvgIpc) is 2.96. The highest BCUT2D eigenvalue weighted by molar-refractivity contribution is 5.99. The van der Waals surface area contributed by atoms with Crippen LogP contribution >= 0.6 is 0 Å². The number of amides is 1. The van der Waals surface area contributed by atoms with E-state index in [2.05, 4.69) is 0 Å². The molecule has 2 rings (SSSR count). The molecule has 0 bridgehead atoms. The Labute approximate surface area is 172 Å². The summed E-state index contributed by atoms with van der Waals surface area (Å²) in [5.41, 5.74) is -2.81. The van der Waals surface area contributed by atoms with Crippen LogP contribution in [0.4, 0.5) is 13.2 Å². The van der Waals surface area contributed by atoms with Crippen LogP contribution in [0.5, 0.6) is 0 Å². The van der Waals surface area contributed by atoms with E-state index in [1.54, 1.807) is 27.7 Å². The maximum atomic E-state index is 13.4. The fraction of sp³-hybridized carbons (Fsp3) is 0.571. The van der Waals surface area contributed by atoms with Gasteiger partial charge in [0.1, 0.15) is 5.54 Å². The van der Waals surface area contributed by atoms with Crippen molar-refractivity contribution in [3.63, 3.8) is 0 Å². The molecule has 0 aliphatic carbocycles. The maximum Gasteiger partial charge on any atom is 0.416 e. The van der Waals surface area contributed by atoms with Gasteiger partial charge in [0, 0.05) is 11.6 Å². The molecule has 1 amide bonds. The number of likely N-dealkylation sites (tertiary alicyclic amines) is 1. The first-order valence-corrected chi connectivity index (χ1v) is 9.69. The van der Waals surface area contributed by atoms with Gasteiger partial charge in [0.15, 0.2) is 0 Å². The molecular formula is C21H26F3NO5. The van der Waals surface area contributed by atoms with E-state index in [1.165, 1.54) is 0 Å². The van der Waals surface area contributed by atoms with E-state index >= 15 is 0 Å². The molecule has 0 unspecified atom stereocenters. The number of benzene rings is 1. The van der Waals surface area contributed by atoms with E-state index in [-0.39, 0.29) is 30.2 Å². The van der Waals surface area contributed by atoms with Crippen LogP contribution < -0.4 is 0 Å². The molecule has 1 aromatic rings. The Balaban J connectivity index is 2.62. The summed E-state index contributed by atoms with van der Waals surface area (Å²) in [5, 5.41) is 19.8. The minimum absolute atomic E-state index is 0.0295. The number of nitrogens with zero attached hydrogens (tertiary/aromatic N) is 1. The predicted molar refractivity (Wildman–Crippen MR) is 102 cm³/mol. The Bertz CT molecular complexity index is 819. The molecule has 1 saturated heterocycles. The van der Waals surface area contributed by atoms with Gasteiger partial charge in [-0.3, -0.25) is 9.59 Å². The second kappa shape index (κ2) is 8.28. The van der Waals surface area contributed by atoms with Gasteiger partial charge in [0.2, 0.25) is 0 Å². The van der Waals surface area contributed by atoms with Crippen LogP contribution in [0.15, 0.2) is 24.3 Å². The Hall–Kier alpha value is -2.58. The second-order valence-corrected chi connectivity index (χ2v) is 8.57. The van der Waals surface area contributed by atoms with Crippen molar-refractivity contribution in [3.05, 3.63) is 35.4 Å². The van der Waals surface area contributed by atoms with Crippen molar-refractivity contribution in [3.8, 4) is 0 Å². The summed E-state index contributed by atoms with van der Waals surface area (Å²) in [4.78, 5) is 38.8. The van der Waals surface area contributed by atoms with E-state index in [0.717, 1.165) is 29.2 Å². The van der Waals surface area contributed by atoms with Crippen LogP contribution in [0.25, 0.3) is 0 Å². The van der Waals surface area contributed by atoms with Crippen LogP contribution in [0, 0.1) is 17.8 Å². The smallest absolute Gasteiger partial charge is 0.416 e. The molecule has 166 valence electrons. The van der Waals surface area contributed by atoms with Gasteiger partial charge in [0.05, 0.1) is 11.5 Å². The SMILES string of the molecule is CC(C)C[C@@]1(C(=O)O)C[C@H](C(=O)O)[C@H](C(C)C)N1C(=O)c1ccc(C(F)(F)F)cc1. The minimum atomic E-state index is -4.58. The number of carbonyl (C=O) groups excluding carboxylic acids is 1. The molecule has 3 atom stereocenters. The summed E-state index contributed by atoms with van der Waals surface area (Å²) >= 11 is 0. The van der Waals surface area contributed by atoms with Gasteiger partial charge >= 0.3 is 18.1 Å². The number of rotatable bonds is 6. The summed E-state index contributed by atoms with van der Waals surface area (Å²) in [6.07, 6.45) is -4.81. The Morgan fingerprint density at radius 2 is 1.63 bits per heavy atom. The van der Waals surface area contributed by atoms with Crippen molar-refractivity contribution in [1.82, 2.24) is 4.90 Å². The van der Waals surface area contributed by atoms with Crippen molar-refractivity contribution in [1.29, 1.82) is 0 Å². The summed E-state index contributed by atoms with van der Waals surface area (Å²) in [6, 6.07) is 2.60. The quantitative estimate of drug-likeness (QED) is 0.709. The first-order valence-electron chi connectivity index (χ1n) is 9.69. The first kappa shape index (κ1) is 23.7. The van der Waals surface area contributed by atoms with Gasteiger partial charge in [0.25, 0.3) is 5.91 Å². The third kappa shape index (κ3) is 4.29. The summed E-state index contributed by atoms with van der Waals surface area (Å²) in [7, 11) is 0. The molecular weight excluding hydrogens is 403 g/mol. The number of hydrogen-bond acceptors (Lipinski definition) is 3. The Morgan fingerprint density at radius 1 is 1.10 bits per heavy atom. The van der Waals surface area contributed by atoms with Gasteiger partial charge in [-0.05, 0) is 48.9 Å². The first-order chi connectivity index (χ1) is 13.7. The molecule has 30 heavy (non-hydrogen) atoms. The number of aliphatic carboxylic acids is 2. The fourth-order valence-corrected chi connectivity index (χ4v) is 4.45. The maximum absolute atomic E-state index is 13.4. The molecule has 1 heterocycles. The molecule has 6 nitrogen and oxygen atoms in total. The Kier molecular flexibility index (Phi) is 6.54. The van der Waals surface area contributed by atoms with E-state index in [1.807, 2.05) is 0 Å². The lowest BCUT2D eigenvalue weighted by atomic mass is 9.83. The van der Waals surface area contributed by atoms with Crippen LogP contribution in [-0.2, 0) is 15.8 Å². The van der Waals surface area contributed by atoms with E-state index in [9.17, 15) is 37.8 Å². The van der Waals surface area contributed by atoms with Crippen molar-refractivity contribution in [2.45, 2.75) is 58.3 Å². The molecule has 0 aromatic heterocycles. The summed E-state index contributed by atoms with van der Waals surface area (Å²) in [6.45, 7) is 6.93. The Morgan fingerprint density at radius 3 is 2.00 bits per heavy atom. The average molecular weight is 429 g/mol. The molecule has 1 aliphatic heterocycles. The van der Waals surface area contributed by atoms with Crippen LogP contribution in [0.3, 0.4) is 0 Å². The van der Waals surface area contributed by atoms with Gasteiger partial charge in [-0.2, -0.15) is 13.2 Å². The number of alkyl halides is 3. The summed E-state index contributed by atoms with van der Waals surface area (Å²) < 4.78 is 38.6. The van der Waals surface area contributed by atoms with E-state index in [4.69, 9.17) is 0 Å². The largest absolute Gasteiger partial charge is 0.481 e. The van der Waals surface area contributed by atoms with Crippen molar-refractivity contribution >= 4 is 17.8 Å². The normalized spacial score (nSPS) is 24.5. The monoisotopic (exact) mass is 429 g/mol. The zero-order valence-electron chi connectivity index (χ0n) is 17.2. The van der Waals surface area contributed by atoms with Gasteiger partial charge in [-0.15, -0.1) is 0 Å². The van der Waals surface area contributed by atoms with Gasteiger partial charge in [-0.25, -0.2) is 4.79 Å². The predicted octanol–water partition coefficient (Wildman–Crippen LogP) is 4.15. The number of carbonyl (C=O) groups is 3. The topological polar surface area (TPSA) is 94.9 Å². The molecule has 1 aliphatic rings. The highest BCUT2D eigenvalue weighted by Gasteiger charge is 2.61. The second-order valence-electron chi connectivity index (χ2n) is 8.57. The van der Waals surface area contributed by atoms with Gasteiger partial charge < -0.3 is 15.1 Å². The molecule has 2 N–H and O–H groups in total. The van der Waals surface area contributed by atoms with Crippen LogP contribution in [0.2, 0.25) is 0 Å². The van der Waals surface area contributed by atoms with Crippen LogP contribution in [-0.4, -0.2) is 44.5 Å². The number of carboxylic acid groups (broad SMARTS) is 2. The molecule has 0 spiro atoms. The molecule has 0 radical (unpaired) electrons. The van der Waals surface area contributed by atoms with Crippen molar-refractivity contribution in [2.75, 3.05) is 0 Å².